The first-order valence-electron chi connectivity index (χ1n) is 14.7. The number of nitrogens with zero attached hydrogens (tertiary/aromatic N) is 2. The molecule has 0 bridgehead atoms. The highest BCUT2D eigenvalue weighted by molar-refractivity contribution is 5.60. The van der Waals surface area contributed by atoms with Crippen LogP contribution in [0.4, 0.5) is 0 Å². The zero-order valence-corrected chi connectivity index (χ0v) is 22.9. The van der Waals surface area contributed by atoms with E-state index >= 15 is 0 Å². The molecule has 0 atom stereocenters. The quantitative estimate of drug-likeness (QED) is 0.225. The Kier molecular flexibility index (Phi) is 12.1. The minimum atomic E-state index is 0.588. The van der Waals surface area contributed by atoms with Crippen LogP contribution >= 0.6 is 0 Å². The van der Waals surface area contributed by atoms with Crippen LogP contribution in [0.3, 0.4) is 0 Å². The molecule has 0 unspecified atom stereocenters. The van der Waals surface area contributed by atoms with E-state index in [4.69, 9.17) is 4.74 Å². The van der Waals surface area contributed by atoms with Crippen LogP contribution in [0.2, 0.25) is 0 Å². The van der Waals surface area contributed by atoms with Crippen molar-refractivity contribution in [1.82, 2.24) is 9.97 Å². The second kappa shape index (κ2) is 15.3. The van der Waals surface area contributed by atoms with Gasteiger partial charge in [-0.2, -0.15) is 0 Å². The van der Waals surface area contributed by atoms with Crippen LogP contribution in [0.1, 0.15) is 128 Å². The molecule has 0 N–H and O–H groups in total. The number of unbranched alkanes of at least 4 members (excludes halogenated alkanes) is 7. The maximum atomic E-state index is 5.72. The van der Waals surface area contributed by atoms with Gasteiger partial charge in [-0.25, -0.2) is 9.97 Å². The third-order valence-corrected chi connectivity index (χ3v) is 8.10. The average Bonchev–Trinajstić information content (AvgIpc) is 2.88. The SMILES string of the molecule is CCCCCCCCCC1(CCc2ccc(-c3ncc(OCCCC)cn3)c(C)c2)CCCCC1. The van der Waals surface area contributed by atoms with Crippen LogP contribution in [-0.2, 0) is 6.42 Å². The summed E-state index contributed by atoms with van der Waals surface area (Å²) in [6.07, 6.45) is 26.9. The van der Waals surface area contributed by atoms with E-state index in [1.165, 1.54) is 107 Å². The highest BCUT2D eigenvalue weighted by Gasteiger charge is 2.31. The van der Waals surface area contributed by atoms with Crippen molar-refractivity contribution in [3.63, 3.8) is 0 Å². The summed E-state index contributed by atoms with van der Waals surface area (Å²) in [7, 11) is 0. The largest absolute Gasteiger partial charge is 0.490 e. The molecule has 1 heterocycles. The predicted molar refractivity (Wildman–Crippen MR) is 149 cm³/mol. The summed E-state index contributed by atoms with van der Waals surface area (Å²) in [5.41, 5.74) is 4.46. The average molecular weight is 479 g/mol. The topological polar surface area (TPSA) is 35.0 Å². The summed E-state index contributed by atoms with van der Waals surface area (Å²) in [6.45, 7) is 7.40. The van der Waals surface area contributed by atoms with Gasteiger partial charge in [-0.3, -0.25) is 0 Å². The number of rotatable bonds is 16. The summed E-state index contributed by atoms with van der Waals surface area (Å²) < 4.78 is 5.72. The van der Waals surface area contributed by atoms with Crippen LogP contribution < -0.4 is 4.74 Å². The Labute approximate surface area is 215 Å². The highest BCUT2D eigenvalue weighted by Crippen LogP contribution is 2.44. The normalized spacial score (nSPS) is 15.3. The molecule has 0 amide bonds. The monoisotopic (exact) mass is 478 g/mol. The summed E-state index contributed by atoms with van der Waals surface area (Å²) in [6, 6.07) is 6.90. The molecule has 1 aromatic heterocycles. The van der Waals surface area contributed by atoms with Crippen molar-refractivity contribution in [2.24, 2.45) is 5.41 Å². The minimum Gasteiger partial charge on any atom is -0.490 e. The standard InChI is InChI=1S/C32H50N2O/c1-4-6-8-9-10-11-13-19-32(20-14-12-15-21-32)22-18-28-16-17-30(27(3)24-28)31-33-25-29(26-34-31)35-23-7-5-2/h16-17,24-26H,4-15,18-23H2,1-3H3. The van der Waals surface area contributed by atoms with Crippen molar-refractivity contribution < 1.29 is 4.74 Å². The van der Waals surface area contributed by atoms with Crippen molar-refractivity contribution in [2.45, 2.75) is 130 Å². The fourth-order valence-corrected chi connectivity index (χ4v) is 5.79. The number of ether oxygens (including phenoxy) is 1. The van der Waals surface area contributed by atoms with Gasteiger partial charge >= 0.3 is 0 Å². The first-order valence-corrected chi connectivity index (χ1v) is 14.7. The molecule has 3 heteroatoms. The Bertz CT molecular complexity index is 839. The third kappa shape index (κ3) is 9.24. The summed E-state index contributed by atoms with van der Waals surface area (Å²) in [4.78, 5) is 9.16. The zero-order valence-electron chi connectivity index (χ0n) is 22.9. The van der Waals surface area contributed by atoms with Gasteiger partial charge in [0.1, 0.15) is 0 Å². The summed E-state index contributed by atoms with van der Waals surface area (Å²) in [5.74, 6) is 1.55. The van der Waals surface area contributed by atoms with E-state index in [2.05, 4.69) is 48.9 Å². The van der Waals surface area contributed by atoms with Crippen molar-refractivity contribution in [3.05, 3.63) is 41.7 Å². The predicted octanol–water partition coefficient (Wildman–Crippen LogP) is 9.65. The Balaban J connectivity index is 1.53. The molecular formula is C32H50N2O. The van der Waals surface area contributed by atoms with E-state index in [1.807, 2.05) is 12.4 Å². The molecule has 0 spiro atoms. The lowest BCUT2D eigenvalue weighted by Crippen LogP contribution is -2.25. The zero-order chi connectivity index (χ0) is 24.8. The number of aryl methyl sites for hydroxylation is 2. The second-order valence-electron chi connectivity index (χ2n) is 11.0. The van der Waals surface area contributed by atoms with Crippen LogP contribution in [0.15, 0.2) is 30.6 Å². The fraction of sp³-hybridized carbons (Fsp3) is 0.688. The van der Waals surface area contributed by atoms with Gasteiger partial charge in [0.25, 0.3) is 0 Å². The molecule has 0 aliphatic heterocycles. The Morgan fingerprint density at radius 1 is 0.800 bits per heavy atom. The lowest BCUT2D eigenvalue weighted by atomic mass is 9.68. The van der Waals surface area contributed by atoms with Gasteiger partial charge in [-0.1, -0.05) is 103 Å². The molecule has 2 aromatic rings. The van der Waals surface area contributed by atoms with E-state index in [-0.39, 0.29) is 0 Å². The van der Waals surface area contributed by atoms with E-state index in [1.54, 1.807) is 0 Å². The van der Waals surface area contributed by atoms with Gasteiger partial charge < -0.3 is 4.74 Å². The molecule has 0 saturated heterocycles. The lowest BCUT2D eigenvalue weighted by Gasteiger charge is -2.38. The van der Waals surface area contributed by atoms with Gasteiger partial charge in [0.15, 0.2) is 11.6 Å². The lowest BCUT2D eigenvalue weighted by molar-refractivity contribution is 0.152. The smallest absolute Gasteiger partial charge is 0.159 e. The van der Waals surface area contributed by atoms with E-state index in [0.29, 0.717) is 5.41 Å². The van der Waals surface area contributed by atoms with Crippen LogP contribution in [0, 0.1) is 12.3 Å². The molecule has 35 heavy (non-hydrogen) atoms. The van der Waals surface area contributed by atoms with Gasteiger partial charge in [0.05, 0.1) is 19.0 Å². The first kappa shape index (κ1) is 27.7. The van der Waals surface area contributed by atoms with Gasteiger partial charge in [0, 0.05) is 5.56 Å². The fourth-order valence-electron chi connectivity index (χ4n) is 5.79. The molecule has 3 rings (SSSR count). The molecular weight excluding hydrogens is 428 g/mol. The molecule has 1 saturated carbocycles. The van der Waals surface area contributed by atoms with Gasteiger partial charge in [0.2, 0.25) is 0 Å². The number of hydrogen-bond donors (Lipinski definition) is 0. The van der Waals surface area contributed by atoms with E-state index in [9.17, 15) is 0 Å². The molecule has 0 radical (unpaired) electrons. The maximum Gasteiger partial charge on any atom is 0.159 e. The van der Waals surface area contributed by atoms with Crippen LogP contribution in [0.25, 0.3) is 11.4 Å². The minimum absolute atomic E-state index is 0.588. The first-order chi connectivity index (χ1) is 17.2. The van der Waals surface area contributed by atoms with Crippen molar-refractivity contribution in [2.75, 3.05) is 6.61 Å². The molecule has 1 fully saturated rings. The summed E-state index contributed by atoms with van der Waals surface area (Å²) >= 11 is 0. The molecule has 1 aromatic carbocycles. The molecule has 194 valence electrons. The molecule has 3 nitrogen and oxygen atoms in total. The Morgan fingerprint density at radius 2 is 1.49 bits per heavy atom. The van der Waals surface area contributed by atoms with Gasteiger partial charge in [-0.15, -0.1) is 0 Å². The van der Waals surface area contributed by atoms with Crippen molar-refractivity contribution >= 4 is 0 Å². The number of aromatic nitrogens is 2. The van der Waals surface area contributed by atoms with Crippen LogP contribution in [0.5, 0.6) is 5.75 Å². The Morgan fingerprint density at radius 3 is 2.17 bits per heavy atom. The second-order valence-corrected chi connectivity index (χ2v) is 11.0. The molecule has 1 aliphatic carbocycles. The number of benzene rings is 1. The van der Waals surface area contributed by atoms with Gasteiger partial charge in [-0.05, 0) is 62.0 Å². The molecule has 1 aliphatic rings. The summed E-state index contributed by atoms with van der Waals surface area (Å²) in [5, 5.41) is 0. The van der Waals surface area contributed by atoms with Crippen molar-refractivity contribution in [1.29, 1.82) is 0 Å². The van der Waals surface area contributed by atoms with E-state index < -0.39 is 0 Å². The van der Waals surface area contributed by atoms with E-state index in [0.717, 1.165) is 36.6 Å². The highest BCUT2D eigenvalue weighted by atomic mass is 16.5. The van der Waals surface area contributed by atoms with Crippen LogP contribution in [-0.4, -0.2) is 16.6 Å². The maximum absolute atomic E-state index is 5.72. The Hall–Kier alpha value is -1.90. The third-order valence-electron chi connectivity index (χ3n) is 8.10. The van der Waals surface area contributed by atoms with Crippen molar-refractivity contribution in [3.8, 4) is 17.1 Å². The number of hydrogen-bond acceptors (Lipinski definition) is 3.